The molecule has 1 saturated heterocycles. The van der Waals surface area contributed by atoms with E-state index in [1.54, 1.807) is 18.2 Å². The Morgan fingerprint density at radius 3 is 2.34 bits per heavy atom. The van der Waals surface area contributed by atoms with E-state index in [1.165, 1.54) is 0 Å². The number of aromatic carboxylic acids is 1. The Hall–Kier alpha value is -2.25. The van der Waals surface area contributed by atoms with Crippen LogP contribution in [0.5, 0.6) is 0 Å². The zero-order valence-electron chi connectivity index (χ0n) is 15.6. The summed E-state index contributed by atoms with van der Waals surface area (Å²) in [7, 11) is 0. The maximum atomic E-state index is 11.7. The summed E-state index contributed by atoms with van der Waals surface area (Å²) < 4.78 is 0. The van der Waals surface area contributed by atoms with Gasteiger partial charge in [0, 0.05) is 59.2 Å². The van der Waals surface area contributed by atoms with E-state index in [1.807, 2.05) is 29.2 Å². The van der Waals surface area contributed by atoms with E-state index in [-0.39, 0.29) is 12.1 Å². The fourth-order valence-electron chi connectivity index (χ4n) is 3.86. The lowest BCUT2D eigenvalue weighted by atomic mass is 10.1. The number of anilines is 1. The van der Waals surface area contributed by atoms with Crippen molar-refractivity contribution in [3.8, 4) is 0 Å². The van der Waals surface area contributed by atoms with Crippen molar-refractivity contribution < 1.29 is 15.0 Å². The van der Waals surface area contributed by atoms with Crippen LogP contribution in [0, 0.1) is 0 Å². The summed E-state index contributed by atoms with van der Waals surface area (Å²) in [6.45, 7) is 2.89. The van der Waals surface area contributed by atoms with Gasteiger partial charge in [-0.3, -0.25) is 4.90 Å². The largest absolute Gasteiger partial charge is 0.477 e. The van der Waals surface area contributed by atoms with Gasteiger partial charge in [0.2, 0.25) is 0 Å². The minimum Gasteiger partial charge on any atom is -0.477 e. The molecule has 1 aliphatic rings. The first-order valence-corrected chi connectivity index (χ1v) is 10.1. The number of hydrogen-bond acceptors (Lipinski definition) is 4. The molecule has 0 bridgehead atoms. The molecule has 1 atom stereocenters. The normalized spacial score (nSPS) is 16.3. The van der Waals surface area contributed by atoms with Crippen LogP contribution in [0.25, 0.3) is 10.9 Å². The smallest absolute Gasteiger partial charge is 0.352 e. The molecule has 2 aromatic carbocycles. The zero-order chi connectivity index (χ0) is 20.5. The monoisotopic (exact) mass is 433 g/mol. The molecule has 2 heterocycles. The summed E-state index contributed by atoms with van der Waals surface area (Å²) in [5, 5.41) is 22.4. The van der Waals surface area contributed by atoms with Crippen molar-refractivity contribution in [2.24, 2.45) is 0 Å². The molecule has 29 heavy (non-hydrogen) atoms. The number of H-pyrrole nitrogens is 1. The summed E-state index contributed by atoms with van der Waals surface area (Å²) >= 11 is 12.1. The van der Waals surface area contributed by atoms with E-state index < -0.39 is 12.2 Å². The molecule has 6 nitrogen and oxygen atoms in total. The van der Waals surface area contributed by atoms with Crippen molar-refractivity contribution in [2.45, 2.75) is 12.6 Å². The summed E-state index contributed by atoms with van der Waals surface area (Å²) in [6, 6.07) is 12.9. The third kappa shape index (κ3) is 4.21. The van der Waals surface area contributed by atoms with Crippen molar-refractivity contribution >= 4 is 45.8 Å². The maximum Gasteiger partial charge on any atom is 0.352 e. The Bertz CT molecular complexity index is 1030. The number of rotatable bonds is 5. The number of aromatic nitrogens is 1. The van der Waals surface area contributed by atoms with Gasteiger partial charge in [0.15, 0.2) is 0 Å². The van der Waals surface area contributed by atoms with Crippen LogP contribution in [0.15, 0.2) is 42.5 Å². The second-order valence-electron chi connectivity index (χ2n) is 7.16. The molecule has 8 heteroatoms. The van der Waals surface area contributed by atoms with Crippen LogP contribution in [0.3, 0.4) is 0 Å². The van der Waals surface area contributed by atoms with Crippen LogP contribution < -0.4 is 4.90 Å². The average Bonchev–Trinajstić information content (AvgIpc) is 3.06. The van der Waals surface area contributed by atoms with E-state index >= 15 is 0 Å². The molecule has 1 unspecified atom stereocenters. The first-order valence-electron chi connectivity index (χ1n) is 9.38. The first-order chi connectivity index (χ1) is 13.9. The Labute approximate surface area is 178 Å². The lowest BCUT2D eigenvalue weighted by molar-refractivity contribution is 0.00117. The Balaban J connectivity index is 1.48. The van der Waals surface area contributed by atoms with Crippen LogP contribution in [-0.4, -0.2) is 58.5 Å². The molecule has 1 aliphatic heterocycles. The quantitative estimate of drug-likeness (QED) is 0.569. The van der Waals surface area contributed by atoms with Crippen LogP contribution >= 0.6 is 23.2 Å². The lowest BCUT2D eigenvalue weighted by Crippen LogP contribution is -2.51. The highest BCUT2D eigenvalue weighted by atomic mass is 35.5. The van der Waals surface area contributed by atoms with Crippen LogP contribution in [0.1, 0.15) is 16.1 Å². The highest BCUT2D eigenvalue weighted by Crippen LogP contribution is 2.28. The molecule has 4 rings (SSSR count). The predicted molar refractivity (Wildman–Crippen MR) is 115 cm³/mol. The van der Waals surface area contributed by atoms with Crippen LogP contribution in [-0.2, 0) is 6.42 Å². The minimum absolute atomic E-state index is 0.0983. The molecule has 0 saturated carbocycles. The number of fused-ring (bicyclic) bond motifs is 1. The Kier molecular flexibility index (Phi) is 5.69. The van der Waals surface area contributed by atoms with Crippen molar-refractivity contribution in [2.75, 3.05) is 31.1 Å². The number of piperazine rings is 1. The van der Waals surface area contributed by atoms with E-state index in [0.717, 1.165) is 24.2 Å². The minimum atomic E-state index is -1.05. The number of aliphatic hydroxyl groups is 1. The molecule has 1 aromatic heterocycles. The van der Waals surface area contributed by atoms with Gasteiger partial charge in [0.05, 0.1) is 0 Å². The van der Waals surface area contributed by atoms with E-state index in [2.05, 4.69) is 9.88 Å². The molecule has 3 N–H and O–H groups in total. The molecule has 152 valence electrons. The molecule has 3 aromatic rings. The van der Waals surface area contributed by atoms with Gasteiger partial charge >= 0.3 is 5.97 Å². The number of carboxylic acid groups (broad SMARTS) is 1. The number of nitrogens with one attached hydrogen (secondary N) is 1. The zero-order valence-corrected chi connectivity index (χ0v) is 17.1. The van der Waals surface area contributed by atoms with Crippen molar-refractivity contribution in [3.63, 3.8) is 0 Å². The second-order valence-corrected chi connectivity index (χ2v) is 8.03. The standard InChI is InChI=1S/C21H21Cl2N3O3/c22-13-1-4-15(5-2-13)25-7-9-26(10-8-25)19(27)12-17-16-11-14(23)3-6-18(16)24-20(17)21(28)29/h1-6,11,19,24,27H,7-10,12H2,(H,28,29). The summed E-state index contributed by atoms with van der Waals surface area (Å²) in [4.78, 5) is 18.8. The molecular weight excluding hydrogens is 413 g/mol. The fraction of sp³-hybridized carbons (Fsp3) is 0.286. The Morgan fingerprint density at radius 1 is 1.03 bits per heavy atom. The first kappa shape index (κ1) is 20.0. The van der Waals surface area contributed by atoms with Crippen LogP contribution in [0.2, 0.25) is 10.0 Å². The molecule has 0 radical (unpaired) electrons. The molecule has 0 amide bonds. The number of aromatic amines is 1. The Morgan fingerprint density at radius 2 is 1.69 bits per heavy atom. The third-order valence-corrected chi connectivity index (χ3v) is 5.88. The second kappa shape index (κ2) is 8.24. The van der Waals surface area contributed by atoms with E-state index in [4.69, 9.17) is 23.2 Å². The third-order valence-electron chi connectivity index (χ3n) is 5.40. The van der Waals surface area contributed by atoms with E-state index in [0.29, 0.717) is 34.2 Å². The number of carboxylic acids is 1. The molecule has 1 fully saturated rings. The van der Waals surface area contributed by atoms with Gasteiger partial charge in [-0.1, -0.05) is 23.2 Å². The van der Waals surface area contributed by atoms with Gasteiger partial charge < -0.3 is 20.1 Å². The summed E-state index contributed by atoms with van der Waals surface area (Å²) in [5.41, 5.74) is 2.47. The van der Waals surface area contributed by atoms with Gasteiger partial charge in [0.25, 0.3) is 0 Å². The number of nitrogens with zero attached hydrogens (tertiary/aromatic N) is 2. The summed E-state index contributed by atoms with van der Waals surface area (Å²) in [6.07, 6.45) is -0.568. The maximum absolute atomic E-state index is 11.7. The number of hydrogen-bond donors (Lipinski definition) is 3. The van der Waals surface area contributed by atoms with Gasteiger partial charge in [-0.25, -0.2) is 4.79 Å². The van der Waals surface area contributed by atoms with Gasteiger partial charge in [0.1, 0.15) is 11.9 Å². The lowest BCUT2D eigenvalue weighted by Gasteiger charge is -2.38. The SMILES string of the molecule is O=C(O)c1[nH]c2ccc(Cl)cc2c1CC(O)N1CCN(c2ccc(Cl)cc2)CC1. The number of benzene rings is 2. The summed E-state index contributed by atoms with van der Waals surface area (Å²) in [5.74, 6) is -1.05. The topological polar surface area (TPSA) is 79.8 Å². The average molecular weight is 434 g/mol. The van der Waals surface area contributed by atoms with E-state index in [9.17, 15) is 15.0 Å². The highest BCUT2D eigenvalue weighted by Gasteiger charge is 2.26. The number of aliphatic hydroxyl groups excluding tert-OH is 1. The van der Waals surface area contributed by atoms with Crippen LogP contribution in [0.4, 0.5) is 5.69 Å². The van der Waals surface area contributed by atoms with Crippen molar-refractivity contribution in [1.29, 1.82) is 0 Å². The predicted octanol–water partition coefficient (Wildman–Crippen LogP) is 3.86. The molecule has 0 aliphatic carbocycles. The molecule has 0 spiro atoms. The van der Waals surface area contributed by atoms with Gasteiger partial charge in [-0.05, 0) is 48.0 Å². The highest BCUT2D eigenvalue weighted by molar-refractivity contribution is 6.31. The van der Waals surface area contributed by atoms with Gasteiger partial charge in [-0.2, -0.15) is 0 Å². The molecular formula is C21H21Cl2N3O3. The van der Waals surface area contributed by atoms with Crippen molar-refractivity contribution in [1.82, 2.24) is 9.88 Å². The fourth-order valence-corrected chi connectivity index (χ4v) is 4.15. The number of carbonyl (C=O) groups is 1. The van der Waals surface area contributed by atoms with Gasteiger partial charge in [-0.15, -0.1) is 0 Å². The van der Waals surface area contributed by atoms with Crippen molar-refractivity contribution in [3.05, 3.63) is 63.8 Å². The number of halogens is 2.